The van der Waals surface area contributed by atoms with Crippen molar-refractivity contribution in [3.63, 3.8) is 0 Å². The smallest absolute Gasteiger partial charge is 0.246 e. The first-order valence-electron chi connectivity index (χ1n) is 11.9. The largest absolute Gasteiger partial charge is 0.390 e. The molecule has 1 aliphatic heterocycles. The van der Waals surface area contributed by atoms with Gasteiger partial charge in [0.05, 0.1) is 5.60 Å². The van der Waals surface area contributed by atoms with Crippen LogP contribution in [0.15, 0.2) is 11.6 Å². The van der Waals surface area contributed by atoms with Crippen molar-refractivity contribution >= 4 is 5.91 Å². The molecule has 1 saturated heterocycles. The lowest BCUT2D eigenvalue weighted by molar-refractivity contribution is -0.127. The van der Waals surface area contributed by atoms with Gasteiger partial charge >= 0.3 is 0 Å². The molecule has 4 atom stereocenters. The Morgan fingerprint density at radius 1 is 1.25 bits per heavy atom. The Hall–Kier alpha value is -0.830. The van der Waals surface area contributed by atoms with Crippen molar-refractivity contribution in [1.29, 1.82) is 0 Å². The van der Waals surface area contributed by atoms with Crippen LogP contribution in [0.5, 0.6) is 0 Å². The molecule has 160 valence electrons. The summed E-state index contributed by atoms with van der Waals surface area (Å²) in [5.74, 6) is 2.35. The lowest BCUT2D eigenvalue weighted by atomic mass is 9.60. The van der Waals surface area contributed by atoms with Crippen LogP contribution in [-0.4, -0.2) is 34.6 Å². The van der Waals surface area contributed by atoms with E-state index in [1.165, 1.54) is 56.9 Å². The summed E-state index contributed by atoms with van der Waals surface area (Å²) in [4.78, 5) is 14.9. The number of piperidine rings is 1. The summed E-state index contributed by atoms with van der Waals surface area (Å²) in [6.45, 7) is 10.7. The van der Waals surface area contributed by atoms with E-state index in [-0.39, 0.29) is 5.91 Å². The van der Waals surface area contributed by atoms with E-state index in [1.807, 2.05) is 13.8 Å². The molecule has 28 heavy (non-hydrogen) atoms. The molecular formula is C25H43NO2. The zero-order valence-corrected chi connectivity index (χ0v) is 18.8. The van der Waals surface area contributed by atoms with Gasteiger partial charge in [-0.25, -0.2) is 0 Å². The van der Waals surface area contributed by atoms with Gasteiger partial charge in [0.15, 0.2) is 0 Å². The molecule has 0 aromatic heterocycles. The molecule has 0 aromatic rings. The highest BCUT2D eigenvalue weighted by atomic mass is 16.3. The molecule has 3 nitrogen and oxygen atoms in total. The van der Waals surface area contributed by atoms with Crippen LogP contribution in [0.2, 0.25) is 0 Å². The fourth-order valence-electron chi connectivity index (χ4n) is 6.61. The second-order valence-electron chi connectivity index (χ2n) is 10.9. The van der Waals surface area contributed by atoms with E-state index in [0.29, 0.717) is 17.3 Å². The van der Waals surface area contributed by atoms with Crippen LogP contribution in [-0.2, 0) is 4.79 Å². The van der Waals surface area contributed by atoms with E-state index in [9.17, 15) is 9.90 Å². The zero-order chi connectivity index (χ0) is 20.4. The molecule has 0 radical (unpaired) electrons. The summed E-state index contributed by atoms with van der Waals surface area (Å²) in [5, 5.41) is 10.0. The van der Waals surface area contributed by atoms with Crippen LogP contribution in [0.1, 0.15) is 98.3 Å². The molecule has 3 fully saturated rings. The molecule has 3 rings (SSSR count). The zero-order valence-electron chi connectivity index (χ0n) is 18.8. The number of aliphatic hydroxyl groups is 1. The first kappa shape index (κ1) is 21.9. The van der Waals surface area contributed by atoms with E-state index < -0.39 is 5.60 Å². The van der Waals surface area contributed by atoms with Crippen molar-refractivity contribution in [1.82, 2.24) is 4.90 Å². The Morgan fingerprint density at radius 3 is 2.64 bits per heavy atom. The van der Waals surface area contributed by atoms with Gasteiger partial charge in [0.2, 0.25) is 5.91 Å². The third kappa shape index (κ3) is 5.01. The predicted octanol–water partition coefficient (Wildman–Crippen LogP) is 5.72. The van der Waals surface area contributed by atoms with Crippen molar-refractivity contribution in [2.24, 2.45) is 23.2 Å². The van der Waals surface area contributed by atoms with Gasteiger partial charge in [-0.3, -0.25) is 4.79 Å². The lowest BCUT2D eigenvalue weighted by Crippen LogP contribution is -2.38. The first-order chi connectivity index (χ1) is 13.2. The predicted molar refractivity (Wildman–Crippen MR) is 116 cm³/mol. The van der Waals surface area contributed by atoms with Crippen LogP contribution in [0.4, 0.5) is 0 Å². The topological polar surface area (TPSA) is 40.5 Å². The van der Waals surface area contributed by atoms with Gasteiger partial charge in [0.1, 0.15) is 0 Å². The molecule has 3 aliphatic rings. The Labute approximate surface area is 173 Å². The Kier molecular flexibility index (Phi) is 6.95. The number of rotatable bonds is 6. The van der Waals surface area contributed by atoms with Gasteiger partial charge in [-0.15, -0.1) is 0 Å². The molecular weight excluding hydrogens is 346 g/mol. The molecule has 2 saturated carbocycles. The Morgan fingerprint density at radius 2 is 1.96 bits per heavy atom. The molecule has 1 N–H and O–H groups in total. The van der Waals surface area contributed by atoms with Gasteiger partial charge in [-0.1, -0.05) is 32.3 Å². The summed E-state index contributed by atoms with van der Waals surface area (Å²) in [7, 11) is 0. The standard InChI is InChI=1S/C25H43NO2/c1-19(10-8-14-24(2,3)28)21-12-13-22-20(11-9-15-25(21,22)4)18-23(27)26-16-6-5-7-17-26/h18-19,21-22,28H,5-17H2,1-4H3/b20-18+/t19-,21-,22+,25-/m1/s1. The lowest BCUT2D eigenvalue weighted by Gasteiger charge is -2.44. The number of fused-ring (bicyclic) bond motifs is 1. The molecule has 3 heteroatoms. The summed E-state index contributed by atoms with van der Waals surface area (Å²) in [6, 6.07) is 0. The molecule has 0 bridgehead atoms. The number of likely N-dealkylation sites (tertiary alicyclic amines) is 1. The molecule has 1 heterocycles. The third-order valence-electron chi connectivity index (χ3n) is 8.15. The van der Waals surface area contributed by atoms with E-state index >= 15 is 0 Å². The number of carbonyl (C=O) groups is 1. The van der Waals surface area contributed by atoms with Crippen LogP contribution in [0, 0.1) is 23.2 Å². The number of hydrogen-bond donors (Lipinski definition) is 1. The summed E-state index contributed by atoms with van der Waals surface area (Å²) in [6.07, 6.45) is 15.1. The third-order valence-corrected chi connectivity index (χ3v) is 8.15. The number of allylic oxidation sites excluding steroid dienone is 1. The van der Waals surface area contributed by atoms with Gasteiger partial charge < -0.3 is 10.0 Å². The highest BCUT2D eigenvalue weighted by molar-refractivity contribution is 5.88. The van der Waals surface area contributed by atoms with Crippen LogP contribution in [0.3, 0.4) is 0 Å². The maximum atomic E-state index is 12.8. The highest BCUT2D eigenvalue weighted by Gasteiger charge is 2.50. The average Bonchev–Trinajstić information content (AvgIpc) is 2.99. The molecule has 2 aliphatic carbocycles. The number of hydrogen-bond acceptors (Lipinski definition) is 2. The number of carbonyl (C=O) groups excluding carboxylic acids is 1. The van der Waals surface area contributed by atoms with E-state index in [1.54, 1.807) is 0 Å². The van der Waals surface area contributed by atoms with Crippen LogP contribution < -0.4 is 0 Å². The quantitative estimate of drug-likeness (QED) is 0.590. The molecule has 0 unspecified atom stereocenters. The van der Waals surface area contributed by atoms with Crippen molar-refractivity contribution in [2.75, 3.05) is 13.1 Å². The Bertz CT molecular complexity index is 570. The van der Waals surface area contributed by atoms with E-state index in [2.05, 4.69) is 24.8 Å². The Balaban J connectivity index is 1.65. The minimum Gasteiger partial charge on any atom is -0.390 e. The molecule has 1 amide bonds. The summed E-state index contributed by atoms with van der Waals surface area (Å²) < 4.78 is 0. The maximum Gasteiger partial charge on any atom is 0.246 e. The van der Waals surface area contributed by atoms with E-state index in [0.717, 1.165) is 38.3 Å². The minimum atomic E-state index is -0.544. The SMILES string of the molecule is C[C@H](CCCC(C)(C)O)[C@H]1CC[C@H]2/C(=C/C(=O)N3CCCCC3)CCC[C@]12C. The van der Waals surface area contributed by atoms with Gasteiger partial charge in [0, 0.05) is 19.2 Å². The van der Waals surface area contributed by atoms with Crippen molar-refractivity contribution in [3.8, 4) is 0 Å². The minimum absolute atomic E-state index is 0.278. The van der Waals surface area contributed by atoms with Crippen LogP contribution >= 0.6 is 0 Å². The van der Waals surface area contributed by atoms with Crippen molar-refractivity contribution < 1.29 is 9.90 Å². The maximum absolute atomic E-state index is 12.8. The van der Waals surface area contributed by atoms with Crippen molar-refractivity contribution in [2.45, 2.75) is 104 Å². The molecule has 0 spiro atoms. The van der Waals surface area contributed by atoms with Gasteiger partial charge in [-0.2, -0.15) is 0 Å². The monoisotopic (exact) mass is 389 g/mol. The van der Waals surface area contributed by atoms with Crippen LogP contribution in [0.25, 0.3) is 0 Å². The second-order valence-corrected chi connectivity index (χ2v) is 10.9. The summed E-state index contributed by atoms with van der Waals surface area (Å²) in [5.41, 5.74) is 1.27. The second kappa shape index (κ2) is 8.90. The summed E-state index contributed by atoms with van der Waals surface area (Å²) >= 11 is 0. The van der Waals surface area contributed by atoms with E-state index in [4.69, 9.17) is 0 Å². The van der Waals surface area contributed by atoms with Crippen molar-refractivity contribution in [3.05, 3.63) is 11.6 Å². The fraction of sp³-hybridized carbons (Fsp3) is 0.880. The average molecular weight is 390 g/mol. The first-order valence-corrected chi connectivity index (χ1v) is 11.9. The highest BCUT2D eigenvalue weighted by Crippen LogP contribution is 2.59. The van der Waals surface area contributed by atoms with Gasteiger partial charge in [-0.05, 0) is 94.8 Å². The van der Waals surface area contributed by atoms with Gasteiger partial charge in [0.25, 0.3) is 0 Å². The number of amides is 1. The normalized spacial score (nSPS) is 33.8. The fourth-order valence-corrected chi connectivity index (χ4v) is 6.61. The number of nitrogens with zero attached hydrogens (tertiary/aromatic N) is 1. The molecule has 0 aromatic carbocycles.